The molecule has 2 aromatic heterocycles. The van der Waals surface area contributed by atoms with E-state index >= 15 is 0 Å². The van der Waals surface area contributed by atoms with Crippen molar-refractivity contribution in [3.05, 3.63) is 28.9 Å². The summed E-state index contributed by atoms with van der Waals surface area (Å²) in [5.74, 6) is -0.511. The summed E-state index contributed by atoms with van der Waals surface area (Å²) in [5, 5.41) is 0. The maximum atomic E-state index is 10.5. The summed E-state index contributed by atoms with van der Waals surface area (Å²) in [6, 6.07) is 3.39. The largest absolute Gasteiger partial charge is 0.418 e. The van der Waals surface area contributed by atoms with Crippen molar-refractivity contribution < 1.29 is 9.21 Å². The third kappa shape index (κ3) is 4.57. The number of fused-ring (bicyclic) bond motifs is 1. The monoisotopic (exact) mass is 265 g/mol. The van der Waals surface area contributed by atoms with Crippen molar-refractivity contribution in [2.75, 3.05) is 0 Å². The van der Waals surface area contributed by atoms with Crippen LogP contribution in [0, 0.1) is 5.92 Å². The summed E-state index contributed by atoms with van der Waals surface area (Å²) in [5.41, 5.74) is 6.08. The Kier molecular flexibility index (Phi) is 5.78. The van der Waals surface area contributed by atoms with E-state index in [4.69, 9.17) is 10.2 Å². The first-order valence-corrected chi connectivity index (χ1v) is 6.31. The predicted molar refractivity (Wildman–Crippen MR) is 72.5 cm³/mol. The number of pyridine rings is 1. The molecule has 19 heavy (non-hydrogen) atoms. The number of hydrogen-bond acceptors (Lipinski definition) is 4. The number of nitrogens with one attached hydrogen (secondary N) is 1. The van der Waals surface area contributed by atoms with Crippen molar-refractivity contribution in [1.29, 1.82) is 0 Å². The van der Waals surface area contributed by atoms with Crippen LogP contribution in [-0.4, -0.2) is 15.9 Å². The second kappa shape index (κ2) is 7.35. The van der Waals surface area contributed by atoms with Gasteiger partial charge in [-0.2, -0.15) is 0 Å². The number of hydrogen-bond donors (Lipinski definition) is 2. The molecule has 0 aromatic carbocycles. The van der Waals surface area contributed by atoms with E-state index in [0.717, 1.165) is 19.3 Å². The summed E-state index contributed by atoms with van der Waals surface area (Å²) < 4.78 is 4.69. The summed E-state index contributed by atoms with van der Waals surface area (Å²) in [7, 11) is 0. The van der Waals surface area contributed by atoms with Crippen LogP contribution in [-0.2, 0) is 4.79 Å². The second-order valence-corrected chi connectivity index (χ2v) is 4.16. The van der Waals surface area contributed by atoms with Gasteiger partial charge < -0.3 is 10.2 Å². The lowest BCUT2D eigenvalue weighted by Crippen LogP contribution is -2.22. The zero-order chi connectivity index (χ0) is 14.3. The van der Waals surface area contributed by atoms with E-state index in [9.17, 15) is 9.59 Å². The Balaban J connectivity index is 0.000000192. The number of oxazole rings is 1. The van der Waals surface area contributed by atoms with E-state index in [1.54, 1.807) is 18.3 Å². The number of aromatic nitrogens is 2. The zero-order valence-electron chi connectivity index (χ0n) is 11.2. The van der Waals surface area contributed by atoms with Gasteiger partial charge >= 0.3 is 5.76 Å². The van der Waals surface area contributed by atoms with Gasteiger partial charge in [-0.05, 0) is 25.0 Å². The Morgan fingerprint density at radius 3 is 2.74 bits per heavy atom. The van der Waals surface area contributed by atoms with Crippen molar-refractivity contribution >= 4 is 17.1 Å². The van der Waals surface area contributed by atoms with Crippen LogP contribution in [0.15, 0.2) is 27.5 Å². The number of aromatic amines is 1. The first kappa shape index (κ1) is 14.9. The molecule has 1 amide bonds. The highest BCUT2D eigenvalue weighted by molar-refractivity contribution is 5.76. The van der Waals surface area contributed by atoms with Gasteiger partial charge in [0, 0.05) is 12.1 Å². The van der Waals surface area contributed by atoms with Gasteiger partial charge in [-0.3, -0.25) is 9.78 Å². The minimum Gasteiger partial charge on any atom is -0.406 e. The first-order valence-electron chi connectivity index (χ1n) is 6.31. The minimum absolute atomic E-state index is 0.106. The van der Waals surface area contributed by atoms with Crippen LogP contribution >= 0.6 is 0 Å². The molecule has 2 aromatic rings. The van der Waals surface area contributed by atoms with Crippen LogP contribution < -0.4 is 11.5 Å². The van der Waals surface area contributed by atoms with Gasteiger partial charge in [0.2, 0.25) is 5.91 Å². The lowest BCUT2D eigenvalue weighted by Gasteiger charge is -2.06. The highest BCUT2D eigenvalue weighted by atomic mass is 16.4. The average Bonchev–Trinajstić information content (AvgIpc) is 2.76. The fourth-order valence-electron chi connectivity index (χ4n) is 1.68. The number of nitrogens with zero attached hydrogens (tertiary/aromatic N) is 1. The molecule has 0 aliphatic carbocycles. The molecule has 1 unspecified atom stereocenters. The molecule has 0 aliphatic heterocycles. The molecular formula is C13H19N3O3. The summed E-state index contributed by atoms with van der Waals surface area (Å²) >= 11 is 0. The average molecular weight is 265 g/mol. The van der Waals surface area contributed by atoms with E-state index in [1.807, 2.05) is 6.92 Å². The third-order valence-corrected chi connectivity index (χ3v) is 2.73. The molecule has 0 bridgehead atoms. The molecule has 2 heterocycles. The maximum absolute atomic E-state index is 10.5. The molecule has 104 valence electrons. The quantitative estimate of drug-likeness (QED) is 0.880. The molecule has 0 saturated carbocycles. The van der Waals surface area contributed by atoms with Crippen molar-refractivity contribution in [2.24, 2.45) is 11.7 Å². The topological polar surface area (TPSA) is 102 Å². The van der Waals surface area contributed by atoms with Crippen LogP contribution in [0.5, 0.6) is 0 Å². The van der Waals surface area contributed by atoms with Crippen LogP contribution in [0.4, 0.5) is 0 Å². The fourth-order valence-corrected chi connectivity index (χ4v) is 1.68. The Morgan fingerprint density at radius 2 is 2.26 bits per heavy atom. The van der Waals surface area contributed by atoms with Crippen molar-refractivity contribution in [3.63, 3.8) is 0 Å². The summed E-state index contributed by atoms with van der Waals surface area (Å²) in [6.45, 7) is 4.05. The Labute approximate surface area is 111 Å². The molecule has 0 aliphatic rings. The van der Waals surface area contributed by atoms with Crippen LogP contribution in [0.2, 0.25) is 0 Å². The normalized spacial score (nSPS) is 11.7. The lowest BCUT2D eigenvalue weighted by molar-refractivity contribution is -0.122. The van der Waals surface area contributed by atoms with E-state index in [0.29, 0.717) is 11.2 Å². The number of H-pyrrole nitrogens is 1. The molecule has 6 heteroatoms. The molecule has 2 rings (SSSR count). The fraction of sp³-hybridized carbons (Fsp3) is 0.462. The minimum atomic E-state index is -0.464. The van der Waals surface area contributed by atoms with Gasteiger partial charge in [0.1, 0.15) is 0 Å². The number of nitrogens with two attached hydrogens (primary N) is 1. The van der Waals surface area contributed by atoms with Gasteiger partial charge in [0.05, 0.1) is 0 Å². The van der Waals surface area contributed by atoms with Gasteiger partial charge in [-0.15, -0.1) is 0 Å². The Bertz CT molecular complexity index is 538. The van der Waals surface area contributed by atoms with Crippen molar-refractivity contribution in [2.45, 2.75) is 33.1 Å². The molecule has 0 saturated heterocycles. The van der Waals surface area contributed by atoms with E-state index in [2.05, 4.69) is 16.9 Å². The zero-order valence-corrected chi connectivity index (χ0v) is 11.2. The highest BCUT2D eigenvalue weighted by Crippen LogP contribution is 2.08. The lowest BCUT2D eigenvalue weighted by atomic mass is 10.0. The maximum Gasteiger partial charge on any atom is 0.418 e. The smallest absolute Gasteiger partial charge is 0.406 e. The van der Waals surface area contributed by atoms with Gasteiger partial charge in [-0.1, -0.05) is 20.3 Å². The predicted octanol–water partition coefficient (Wildman–Crippen LogP) is 1.81. The van der Waals surface area contributed by atoms with E-state index in [1.165, 1.54) is 0 Å². The van der Waals surface area contributed by atoms with Crippen LogP contribution in [0.3, 0.4) is 0 Å². The number of rotatable bonds is 4. The number of primary amides is 1. The number of carbonyl (C=O) groups excluding carboxylic acids is 1. The van der Waals surface area contributed by atoms with Crippen LogP contribution in [0.25, 0.3) is 11.2 Å². The van der Waals surface area contributed by atoms with E-state index < -0.39 is 5.76 Å². The molecule has 0 fully saturated rings. The van der Waals surface area contributed by atoms with Gasteiger partial charge in [0.25, 0.3) is 0 Å². The Morgan fingerprint density at radius 1 is 1.53 bits per heavy atom. The second-order valence-electron chi connectivity index (χ2n) is 4.16. The first-order chi connectivity index (χ1) is 9.08. The molecule has 3 N–H and O–H groups in total. The van der Waals surface area contributed by atoms with Gasteiger partial charge in [0.15, 0.2) is 11.2 Å². The van der Waals surface area contributed by atoms with Crippen molar-refractivity contribution in [3.8, 4) is 0 Å². The molecular weight excluding hydrogens is 246 g/mol. The molecule has 6 nitrogen and oxygen atoms in total. The van der Waals surface area contributed by atoms with Crippen molar-refractivity contribution in [1.82, 2.24) is 9.97 Å². The van der Waals surface area contributed by atoms with Crippen LogP contribution in [0.1, 0.15) is 33.1 Å². The third-order valence-electron chi connectivity index (χ3n) is 2.73. The highest BCUT2D eigenvalue weighted by Gasteiger charge is 2.09. The summed E-state index contributed by atoms with van der Waals surface area (Å²) in [6.07, 6.45) is 4.45. The SMILES string of the molecule is CCCC(CC)C(N)=O.O=c1[nH]c2ncccc2o1. The van der Waals surface area contributed by atoms with E-state index in [-0.39, 0.29) is 11.8 Å². The molecule has 0 radical (unpaired) electrons. The van der Waals surface area contributed by atoms with Gasteiger partial charge in [-0.25, -0.2) is 9.78 Å². The molecule has 0 spiro atoms. The molecule has 1 atom stereocenters. The number of carbonyl (C=O) groups is 1. The standard InChI is InChI=1S/C7H15NO.C6H4N2O2/c1-3-5-6(4-2)7(8)9;9-6-8-5-4(10-6)2-1-3-7-5/h6H,3-5H2,1-2H3,(H2,8,9);1-3H,(H,7,8,9). The summed E-state index contributed by atoms with van der Waals surface area (Å²) in [4.78, 5) is 27.3. The number of amides is 1. The Hall–Kier alpha value is -2.11.